The van der Waals surface area contributed by atoms with Crippen LogP contribution in [0.15, 0.2) is 15.9 Å². The molecule has 1 aliphatic carbocycles. The third-order valence-electron chi connectivity index (χ3n) is 3.29. The Labute approximate surface area is 104 Å². The van der Waals surface area contributed by atoms with Crippen LogP contribution in [-0.2, 0) is 6.42 Å². The monoisotopic (exact) mass is 288 g/mol. The highest BCUT2D eigenvalue weighted by Gasteiger charge is 2.27. The van der Waals surface area contributed by atoms with Gasteiger partial charge in [-0.3, -0.25) is 0 Å². The van der Waals surface area contributed by atoms with Crippen molar-refractivity contribution in [3.8, 4) is 0 Å². The topological polar surface area (TPSA) is 20.2 Å². The number of aliphatic hydroxyl groups excluding tert-OH is 1. The van der Waals surface area contributed by atoms with Crippen molar-refractivity contribution in [2.75, 3.05) is 0 Å². The van der Waals surface area contributed by atoms with Crippen molar-refractivity contribution in [3.05, 3.63) is 20.8 Å². The van der Waals surface area contributed by atoms with Gasteiger partial charge in [0, 0.05) is 14.7 Å². The number of rotatable bonds is 2. The molecule has 0 aromatic carbocycles. The van der Waals surface area contributed by atoms with Gasteiger partial charge in [0.15, 0.2) is 0 Å². The molecule has 1 saturated carbocycles. The fourth-order valence-corrected chi connectivity index (χ4v) is 3.97. The molecule has 2 rings (SSSR count). The summed E-state index contributed by atoms with van der Waals surface area (Å²) in [6, 6.07) is 2.18. The van der Waals surface area contributed by atoms with E-state index in [-0.39, 0.29) is 6.10 Å². The fourth-order valence-electron chi connectivity index (χ4n) is 2.42. The number of aliphatic hydroxyl groups is 1. The molecule has 0 bridgehead atoms. The highest BCUT2D eigenvalue weighted by molar-refractivity contribution is 9.10. The zero-order chi connectivity index (χ0) is 10.8. The van der Waals surface area contributed by atoms with Gasteiger partial charge in [0.2, 0.25) is 0 Å². The first kappa shape index (κ1) is 11.6. The van der Waals surface area contributed by atoms with Crippen LogP contribution in [0.2, 0.25) is 0 Å². The van der Waals surface area contributed by atoms with Crippen molar-refractivity contribution in [1.29, 1.82) is 0 Å². The zero-order valence-corrected chi connectivity index (χ0v) is 11.4. The molecule has 0 radical (unpaired) electrons. The lowest BCUT2D eigenvalue weighted by atomic mass is 9.78. The van der Waals surface area contributed by atoms with Crippen LogP contribution in [0.25, 0.3) is 0 Å². The Balaban J connectivity index is 1.98. The molecule has 0 saturated heterocycles. The number of thiophene rings is 1. The van der Waals surface area contributed by atoms with Crippen LogP contribution >= 0.6 is 27.3 Å². The lowest BCUT2D eigenvalue weighted by Gasteiger charge is -2.31. The van der Waals surface area contributed by atoms with Crippen molar-refractivity contribution in [2.45, 2.75) is 38.7 Å². The largest absolute Gasteiger partial charge is 0.393 e. The van der Waals surface area contributed by atoms with Gasteiger partial charge in [-0.2, -0.15) is 0 Å². The molecule has 3 unspecified atom stereocenters. The van der Waals surface area contributed by atoms with Crippen LogP contribution in [0.5, 0.6) is 0 Å². The Morgan fingerprint density at radius 1 is 1.53 bits per heavy atom. The van der Waals surface area contributed by atoms with E-state index >= 15 is 0 Å². The minimum Gasteiger partial charge on any atom is -0.393 e. The third-order valence-corrected chi connectivity index (χ3v) is 5.01. The molecule has 3 heteroatoms. The SMILES string of the molecule is CC1CCC(O)C(Cc2cc(Br)cs2)C1. The molecule has 1 heterocycles. The maximum absolute atomic E-state index is 9.95. The van der Waals surface area contributed by atoms with Gasteiger partial charge in [-0.1, -0.05) is 6.92 Å². The first-order valence-electron chi connectivity index (χ1n) is 5.56. The summed E-state index contributed by atoms with van der Waals surface area (Å²) in [6.07, 6.45) is 4.31. The van der Waals surface area contributed by atoms with Crippen LogP contribution in [0, 0.1) is 11.8 Å². The van der Waals surface area contributed by atoms with Crippen LogP contribution in [0.1, 0.15) is 31.1 Å². The minimum atomic E-state index is -0.0814. The van der Waals surface area contributed by atoms with E-state index in [1.54, 1.807) is 11.3 Å². The summed E-state index contributed by atoms with van der Waals surface area (Å²) < 4.78 is 1.17. The van der Waals surface area contributed by atoms with Crippen LogP contribution in [-0.4, -0.2) is 11.2 Å². The zero-order valence-electron chi connectivity index (χ0n) is 8.95. The van der Waals surface area contributed by atoms with Gasteiger partial charge in [-0.05, 0) is 59.5 Å². The second-order valence-corrected chi connectivity index (χ2v) is 6.59. The highest BCUT2D eigenvalue weighted by atomic mass is 79.9. The van der Waals surface area contributed by atoms with E-state index in [4.69, 9.17) is 0 Å². The smallest absolute Gasteiger partial charge is 0.0572 e. The Morgan fingerprint density at radius 2 is 2.33 bits per heavy atom. The third kappa shape index (κ3) is 3.05. The lowest BCUT2D eigenvalue weighted by Crippen LogP contribution is -2.29. The van der Waals surface area contributed by atoms with E-state index in [0.29, 0.717) is 5.92 Å². The summed E-state index contributed by atoms with van der Waals surface area (Å²) in [7, 11) is 0. The normalized spacial score (nSPS) is 31.8. The standard InChI is InChI=1S/C12H17BrOS/c1-8-2-3-12(14)9(4-8)5-11-6-10(13)7-15-11/h6-9,12,14H,2-5H2,1H3. The molecule has 1 nitrogen and oxygen atoms in total. The van der Waals surface area contributed by atoms with Gasteiger partial charge < -0.3 is 5.11 Å². The lowest BCUT2D eigenvalue weighted by molar-refractivity contribution is 0.0523. The van der Waals surface area contributed by atoms with Crippen molar-refractivity contribution < 1.29 is 5.11 Å². The molecule has 0 aliphatic heterocycles. The van der Waals surface area contributed by atoms with E-state index in [2.05, 4.69) is 34.3 Å². The van der Waals surface area contributed by atoms with Crippen molar-refractivity contribution in [1.82, 2.24) is 0 Å². The van der Waals surface area contributed by atoms with Gasteiger partial charge in [0.05, 0.1) is 6.10 Å². The molecule has 1 aromatic rings. The maximum atomic E-state index is 9.95. The summed E-state index contributed by atoms with van der Waals surface area (Å²) >= 11 is 5.26. The van der Waals surface area contributed by atoms with E-state index in [1.807, 2.05) is 0 Å². The summed E-state index contributed by atoms with van der Waals surface area (Å²) in [6.45, 7) is 2.29. The maximum Gasteiger partial charge on any atom is 0.0572 e. The molecule has 1 N–H and O–H groups in total. The van der Waals surface area contributed by atoms with Gasteiger partial charge in [0.1, 0.15) is 0 Å². The molecule has 84 valence electrons. The van der Waals surface area contributed by atoms with Crippen molar-refractivity contribution >= 4 is 27.3 Å². The summed E-state index contributed by atoms with van der Waals surface area (Å²) in [5.74, 6) is 1.25. The van der Waals surface area contributed by atoms with E-state index in [0.717, 1.165) is 18.8 Å². The number of halogens is 1. The minimum absolute atomic E-state index is 0.0814. The van der Waals surface area contributed by atoms with Crippen LogP contribution in [0.4, 0.5) is 0 Å². The second-order valence-electron chi connectivity index (χ2n) is 4.68. The average Bonchev–Trinajstić information content (AvgIpc) is 2.58. The molecule has 15 heavy (non-hydrogen) atoms. The van der Waals surface area contributed by atoms with E-state index < -0.39 is 0 Å². The second kappa shape index (κ2) is 4.98. The van der Waals surface area contributed by atoms with E-state index in [1.165, 1.54) is 22.2 Å². The first-order chi connectivity index (χ1) is 7.15. The highest BCUT2D eigenvalue weighted by Crippen LogP contribution is 2.33. The fraction of sp³-hybridized carbons (Fsp3) is 0.667. The Hall–Kier alpha value is 0.140. The molecule has 1 aromatic heterocycles. The molecular formula is C12H17BrOS. The first-order valence-corrected chi connectivity index (χ1v) is 7.23. The molecule has 1 fully saturated rings. The summed E-state index contributed by atoms with van der Waals surface area (Å²) in [5.41, 5.74) is 0. The van der Waals surface area contributed by atoms with Gasteiger partial charge >= 0.3 is 0 Å². The van der Waals surface area contributed by atoms with Gasteiger partial charge in [-0.15, -0.1) is 11.3 Å². The molecular weight excluding hydrogens is 272 g/mol. The van der Waals surface area contributed by atoms with E-state index in [9.17, 15) is 5.11 Å². The van der Waals surface area contributed by atoms with Crippen LogP contribution < -0.4 is 0 Å². The molecule has 0 spiro atoms. The molecule has 3 atom stereocenters. The Kier molecular flexibility index (Phi) is 3.86. The predicted molar refractivity (Wildman–Crippen MR) is 68.2 cm³/mol. The Morgan fingerprint density at radius 3 is 3.00 bits per heavy atom. The average molecular weight is 289 g/mol. The summed E-state index contributed by atoms with van der Waals surface area (Å²) in [5, 5.41) is 12.1. The number of hydrogen-bond donors (Lipinski definition) is 1. The molecule has 1 aliphatic rings. The summed E-state index contributed by atoms with van der Waals surface area (Å²) in [4.78, 5) is 1.39. The van der Waals surface area contributed by atoms with Crippen LogP contribution in [0.3, 0.4) is 0 Å². The van der Waals surface area contributed by atoms with Gasteiger partial charge in [-0.25, -0.2) is 0 Å². The quantitative estimate of drug-likeness (QED) is 0.876. The molecule has 0 amide bonds. The van der Waals surface area contributed by atoms with Crippen molar-refractivity contribution in [2.24, 2.45) is 11.8 Å². The predicted octanol–water partition coefficient (Wildman–Crippen LogP) is 3.85. The number of hydrogen-bond acceptors (Lipinski definition) is 2. The van der Waals surface area contributed by atoms with Crippen molar-refractivity contribution in [3.63, 3.8) is 0 Å². The van der Waals surface area contributed by atoms with Gasteiger partial charge in [0.25, 0.3) is 0 Å². The Bertz CT molecular complexity index is 323.